The van der Waals surface area contributed by atoms with Gasteiger partial charge in [-0.2, -0.15) is 5.26 Å². The molecule has 0 bridgehead atoms. The van der Waals surface area contributed by atoms with Gasteiger partial charge in [0.05, 0.1) is 29.3 Å². The largest absolute Gasteiger partial charge is 0.472 e. The molecule has 1 saturated heterocycles. The highest BCUT2D eigenvalue weighted by atomic mass is 35.5. The highest BCUT2D eigenvalue weighted by Gasteiger charge is 2.25. The van der Waals surface area contributed by atoms with Crippen molar-refractivity contribution in [3.8, 4) is 11.9 Å². The van der Waals surface area contributed by atoms with Gasteiger partial charge in [0.25, 0.3) is 0 Å². The molecule has 1 atom stereocenters. The molecular weight excluding hydrogens is 354 g/mol. The molecule has 0 amide bonds. The van der Waals surface area contributed by atoms with Gasteiger partial charge in [-0.15, -0.1) is 0 Å². The topological polar surface area (TPSA) is 75.5 Å². The predicted molar refractivity (Wildman–Crippen MR) is 97.6 cm³/mol. The Labute approximate surface area is 156 Å². The molecule has 134 valence electrons. The summed E-state index contributed by atoms with van der Waals surface area (Å²) in [6.07, 6.45) is 2.30. The van der Waals surface area contributed by atoms with E-state index >= 15 is 0 Å². The van der Waals surface area contributed by atoms with Crippen LogP contribution in [0.2, 0.25) is 5.02 Å². The SMILES string of the molecule is CCOC(=O)c1ccc(O[C@H]2CCN(c3ccc(C#N)c(Cl)c3)C2)nc1. The van der Waals surface area contributed by atoms with Crippen molar-refractivity contribution in [1.82, 2.24) is 4.98 Å². The maximum atomic E-state index is 11.6. The Morgan fingerprint density at radius 2 is 2.27 bits per heavy atom. The van der Waals surface area contributed by atoms with Gasteiger partial charge in [0.15, 0.2) is 0 Å². The first-order valence-electron chi connectivity index (χ1n) is 8.35. The number of anilines is 1. The van der Waals surface area contributed by atoms with Crippen LogP contribution in [0.5, 0.6) is 5.88 Å². The zero-order valence-corrected chi connectivity index (χ0v) is 15.1. The van der Waals surface area contributed by atoms with Crippen LogP contribution in [0.4, 0.5) is 5.69 Å². The van der Waals surface area contributed by atoms with Gasteiger partial charge in [-0.05, 0) is 31.2 Å². The summed E-state index contributed by atoms with van der Waals surface area (Å²) in [6.45, 7) is 3.61. The van der Waals surface area contributed by atoms with E-state index in [0.717, 1.165) is 18.7 Å². The molecule has 6 nitrogen and oxygen atoms in total. The summed E-state index contributed by atoms with van der Waals surface area (Å²) in [5.74, 6) is 0.0824. The summed E-state index contributed by atoms with van der Waals surface area (Å²) in [7, 11) is 0. The van der Waals surface area contributed by atoms with Gasteiger partial charge in [-0.25, -0.2) is 9.78 Å². The molecule has 0 aliphatic carbocycles. The molecule has 0 radical (unpaired) electrons. The van der Waals surface area contributed by atoms with E-state index in [1.807, 2.05) is 6.07 Å². The van der Waals surface area contributed by atoms with Crippen molar-refractivity contribution in [3.63, 3.8) is 0 Å². The fourth-order valence-electron chi connectivity index (χ4n) is 2.81. The lowest BCUT2D eigenvalue weighted by molar-refractivity contribution is 0.0525. The van der Waals surface area contributed by atoms with Crippen LogP contribution in [0.25, 0.3) is 0 Å². The second-order valence-corrected chi connectivity index (χ2v) is 6.26. The third kappa shape index (κ3) is 4.06. The molecule has 2 aromatic rings. The van der Waals surface area contributed by atoms with Gasteiger partial charge in [0.1, 0.15) is 12.2 Å². The quantitative estimate of drug-likeness (QED) is 0.749. The molecular formula is C19H18ClN3O3. The first kappa shape index (κ1) is 18.0. The lowest BCUT2D eigenvalue weighted by atomic mass is 10.2. The van der Waals surface area contributed by atoms with Gasteiger partial charge < -0.3 is 14.4 Å². The minimum absolute atomic E-state index is 0.00892. The van der Waals surface area contributed by atoms with Crippen molar-refractivity contribution in [2.24, 2.45) is 0 Å². The Hall–Kier alpha value is -2.78. The first-order valence-corrected chi connectivity index (χ1v) is 8.73. The van der Waals surface area contributed by atoms with E-state index in [1.54, 1.807) is 31.2 Å². The van der Waals surface area contributed by atoms with E-state index in [9.17, 15) is 4.79 Å². The van der Waals surface area contributed by atoms with E-state index < -0.39 is 5.97 Å². The molecule has 0 N–H and O–H groups in total. The van der Waals surface area contributed by atoms with Gasteiger partial charge in [-0.3, -0.25) is 0 Å². The van der Waals surface area contributed by atoms with E-state index in [1.165, 1.54) is 6.20 Å². The van der Waals surface area contributed by atoms with Crippen LogP contribution in [0, 0.1) is 11.3 Å². The third-order valence-electron chi connectivity index (χ3n) is 4.12. The summed E-state index contributed by atoms with van der Waals surface area (Å²) in [6, 6.07) is 10.8. The molecule has 1 aromatic carbocycles. The zero-order valence-electron chi connectivity index (χ0n) is 14.3. The molecule has 1 aliphatic rings. The minimum atomic E-state index is -0.392. The van der Waals surface area contributed by atoms with E-state index in [2.05, 4.69) is 16.0 Å². The molecule has 1 fully saturated rings. The Balaban J connectivity index is 1.60. The standard InChI is InChI=1S/C19H18ClN3O3/c1-2-25-19(24)14-4-6-18(22-11-14)26-16-7-8-23(12-16)15-5-3-13(10-21)17(20)9-15/h3-6,9,11,16H,2,7-8,12H2,1H3/t16-/m0/s1. The summed E-state index contributed by atoms with van der Waals surface area (Å²) >= 11 is 6.11. The van der Waals surface area contributed by atoms with Crippen LogP contribution in [0.15, 0.2) is 36.5 Å². The van der Waals surface area contributed by atoms with Crippen LogP contribution in [0.1, 0.15) is 29.3 Å². The maximum Gasteiger partial charge on any atom is 0.339 e. The van der Waals surface area contributed by atoms with Crippen molar-refractivity contribution >= 4 is 23.3 Å². The smallest absolute Gasteiger partial charge is 0.339 e. The molecule has 1 aromatic heterocycles. The number of rotatable bonds is 5. The number of esters is 1. The fourth-order valence-corrected chi connectivity index (χ4v) is 3.02. The zero-order chi connectivity index (χ0) is 18.5. The number of hydrogen-bond acceptors (Lipinski definition) is 6. The molecule has 0 saturated carbocycles. The van der Waals surface area contributed by atoms with Crippen molar-refractivity contribution in [3.05, 3.63) is 52.7 Å². The lowest BCUT2D eigenvalue weighted by Gasteiger charge is -2.19. The predicted octanol–water partition coefficient (Wildman–Crippen LogP) is 3.44. The summed E-state index contributed by atoms with van der Waals surface area (Å²) in [5, 5.41) is 9.41. The van der Waals surface area contributed by atoms with E-state index in [4.69, 9.17) is 26.3 Å². The summed E-state index contributed by atoms with van der Waals surface area (Å²) < 4.78 is 10.8. The number of halogens is 1. The molecule has 26 heavy (non-hydrogen) atoms. The number of aromatic nitrogens is 1. The van der Waals surface area contributed by atoms with Crippen LogP contribution in [0.3, 0.4) is 0 Å². The van der Waals surface area contributed by atoms with Crippen molar-refractivity contribution in [2.75, 3.05) is 24.6 Å². The molecule has 7 heteroatoms. The van der Waals surface area contributed by atoms with E-state index in [-0.39, 0.29) is 6.10 Å². The second-order valence-electron chi connectivity index (χ2n) is 5.86. The van der Waals surface area contributed by atoms with Crippen molar-refractivity contribution in [2.45, 2.75) is 19.4 Å². The minimum Gasteiger partial charge on any atom is -0.472 e. The molecule has 3 rings (SSSR count). The number of ether oxygens (including phenoxy) is 2. The van der Waals surface area contributed by atoms with Crippen LogP contribution in [-0.2, 0) is 4.74 Å². The van der Waals surface area contributed by atoms with Gasteiger partial charge >= 0.3 is 5.97 Å². The first-order chi connectivity index (χ1) is 12.6. The average Bonchev–Trinajstić information content (AvgIpc) is 3.11. The number of carbonyl (C=O) groups is 1. The van der Waals surface area contributed by atoms with Crippen LogP contribution < -0.4 is 9.64 Å². The number of nitriles is 1. The monoisotopic (exact) mass is 371 g/mol. The van der Waals surface area contributed by atoms with Crippen LogP contribution >= 0.6 is 11.6 Å². The summed E-state index contributed by atoms with van der Waals surface area (Å²) in [5.41, 5.74) is 1.83. The number of benzene rings is 1. The number of nitrogens with zero attached hydrogens (tertiary/aromatic N) is 3. The van der Waals surface area contributed by atoms with Gasteiger partial charge in [0.2, 0.25) is 5.88 Å². The van der Waals surface area contributed by atoms with Crippen LogP contribution in [-0.4, -0.2) is 36.8 Å². The number of carbonyl (C=O) groups excluding carboxylic acids is 1. The second kappa shape index (κ2) is 8.07. The van der Waals surface area contributed by atoms with E-state index in [0.29, 0.717) is 35.2 Å². The molecule has 2 heterocycles. The molecule has 1 aliphatic heterocycles. The highest BCUT2D eigenvalue weighted by molar-refractivity contribution is 6.32. The Morgan fingerprint density at radius 1 is 1.42 bits per heavy atom. The molecule has 0 unspecified atom stereocenters. The number of pyridine rings is 1. The van der Waals surface area contributed by atoms with Crippen molar-refractivity contribution in [1.29, 1.82) is 5.26 Å². The third-order valence-corrected chi connectivity index (χ3v) is 4.43. The lowest BCUT2D eigenvalue weighted by Crippen LogP contribution is -2.24. The average molecular weight is 372 g/mol. The van der Waals surface area contributed by atoms with Gasteiger partial charge in [-0.1, -0.05) is 11.6 Å². The van der Waals surface area contributed by atoms with Gasteiger partial charge in [0, 0.05) is 30.9 Å². The Bertz CT molecular complexity index is 833. The number of hydrogen-bond donors (Lipinski definition) is 0. The summed E-state index contributed by atoms with van der Waals surface area (Å²) in [4.78, 5) is 18.0. The highest BCUT2D eigenvalue weighted by Crippen LogP contribution is 2.27. The molecule has 0 spiro atoms. The normalized spacial score (nSPS) is 16.2. The Kier molecular flexibility index (Phi) is 5.59. The fraction of sp³-hybridized carbons (Fsp3) is 0.316. The van der Waals surface area contributed by atoms with Crippen molar-refractivity contribution < 1.29 is 14.3 Å². The Morgan fingerprint density at radius 3 is 2.92 bits per heavy atom. The maximum absolute atomic E-state index is 11.6.